The Bertz CT molecular complexity index is 514. The topological polar surface area (TPSA) is 46.0 Å². The second-order valence-electron chi connectivity index (χ2n) is 3.62. The fourth-order valence-corrected chi connectivity index (χ4v) is 3.12. The fraction of sp³-hybridized carbons (Fsp3) is 0.273. The fourth-order valence-electron chi connectivity index (χ4n) is 1.39. The van der Waals surface area contributed by atoms with Gasteiger partial charge in [-0.25, -0.2) is 4.39 Å². The molecule has 1 heterocycles. The van der Waals surface area contributed by atoms with E-state index in [1.54, 1.807) is 25.4 Å². The number of hydrogen-bond donors (Lipinski definition) is 1. The molecule has 0 amide bonds. The molecule has 3 nitrogen and oxygen atoms in total. The number of aliphatic hydroxyl groups excluding tert-OH is 1. The first kappa shape index (κ1) is 12.5. The van der Waals surface area contributed by atoms with E-state index in [9.17, 15) is 9.50 Å². The van der Waals surface area contributed by atoms with Crippen molar-refractivity contribution in [2.75, 3.05) is 0 Å². The minimum atomic E-state index is -0.708. The summed E-state index contributed by atoms with van der Waals surface area (Å²) in [5.41, 5.74) is 2.77. The Morgan fingerprint density at radius 1 is 1.47 bits per heavy atom. The van der Waals surface area contributed by atoms with Gasteiger partial charge in [-0.15, -0.1) is 10.2 Å². The van der Waals surface area contributed by atoms with Crippen LogP contribution in [0.5, 0.6) is 0 Å². The van der Waals surface area contributed by atoms with E-state index in [1.165, 1.54) is 29.2 Å². The summed E-state index contributed by atoms with van der Waals surface area (Å²) in [5, 5.41) is 17.3. The number of aryl methyl sites for hydroxylation is 1. The zero-order chi connectivity index (χ0) is 12.4. The molecule has 2 aromatic rings. The molecule has 1 atom stereocenters. The predicted molar refractivity (Wildman–Crippen MR) is 65.8 cm³/mol. The Morgan fingerprint density at radius 3 is 2.82 bits per heavy atom. The van der Waals surface area contributed by atoms with Crippen molar-refractivity contribution in [3.63, 3.8) is 0 Å². The second kappa shape index (κ2) is 5.12. The highest BCUT2D eigenvalue weighted by molar-refractivity contribution is 8.01. The van der Waals surface area contributed by atoms with Crippen LogP contribution in [0.1, 0.15) is 24.2 Å². The molecule has 1 aromatic carbocycles. The molecule has 0 spiro atoms. The summed E-state index contributed by atoms with van der Waals surface area (Å²) in [6.45, 7) is 3.32. The molecule has 0 aliphatic carbocycles. The van der Waals surface area contributed by atoms with Gasteiger partial charge in [-0.3, -0.25) is 0 Å². The quantitative estimate of drug-likeness (QED) is 0.930. The van der Waals surface area contributed by atoms with E-state index in [0.717, 1.165) is 9.24 Å². The lowest BCUT2D eigenvalue weighted by Crippen LogP contribution is -1.97. The number of aromatic nitrogens is 2. The summed E-state index contributed by atoms with van der Waals surface area (Å²) in [4.78, 5) is 0.815. The average Bonchev–Trinajstić information content (AvgIpc) is 2.75. The summed E-state index contributed by atoms with van der Waals surface area (Å²) in [6.07, 6.45) is -0.708. The van der Waals surface area contributed by atoms with E-state index in [0.29, 0.717) is 11.1 Å². The molecule has 0 aliphatic rings. The van der Waals surface area contributed by atoms with E-state index in [4.69, 9.17) is 0 Å². The molecule has 0 bridgehead atoms. The normalized spacial score (nSPS) is 12.7. The summed E-state index contributed by atoms with van der Waals surface area (Å²) < 4.78 is 14.2. The van der Waals surface area contributed by atoms with Gasteiger partial charge in [-0.2, -0.15) is 0 Å². The number of halogens is 1. The van der Waals surface area contributed by atoms with Crippen LogP contribution < -0.4 is 0 Å². The second-order valence-corrected chi connectivity index (χ2v) is 5.74. The summed E-state index contributed by atoms with van der Waals surface area (Å²) in [6, 6.07) is 3.10. The molecule has 17 heavy (non-hydrogen) atoms. The maximum Gasteiger partial charge on any atom is 0.178 e. The summed E-state index contributed by atoms with van der Waals surface area (Å²) in [5.74, 6) is -0.303. The highest BCUT2D eigenvalue weighted by atomic mass is 32.2. The predicted octanol–water partition coefficient (Wildman–Crippen LogP) is 3.19. The highest BCUT2D eigenvalue weighted by Gasteiger charge is 2.14. The van der Waals surface area contributed by atoms with E-state index in [-0.39, 0.29) is 5.82 Å². The van der Waals surface area contributed by atoms with E-state index in [1.807, 2.05) is 0 Å². The summed E-state index contributed by atoms with van der Waals surface area (Å²) >= 11 is 2.80. The molecule has 1 N–H and O–H groups in total. The van der Waals surface area contributed by atoms with Crippen LogP contribution in [-0.2, 0) is 0 Å². The van der Waals surface area contributed by atoms with Gasteiger partial charge in [0.25, 0.3) is 0 Å². The average molecular weight is 270 g/mol. The van der Waals surface area contributed by atoms with E-state index in [2.05, 4.69) is 10.2 Å². The number of aliphatic hydroxyl groups is 1. The zero-order valence-electron chi connectivity index (χ0n) is 9.35. The monoisotopic (exact) mass is 270 g/mol. The van der Waals surface area contributed by atoms with Crippen LogP contribution in [0.25, 0.3) is 0 Å². The van der Waals surface area contributed by atoms with Gasteiger partial charge in [-0.1, -0.05) is 23.1 Å². The standard InChI is InChI=1S/C11H11FN2OS2/c1-6-3-10(17-11-14-13-5-16-11)8(7(2)15)4-9(6)12/h3-5,7,15H,1-2H3. The number of rotatable bonds is 3. The lowest BCUT2D eigenvalue weighted by Gasteiger charge is -2.12. The molecule has 1 aromatic heterocycles. The van der Waals surface area contributed by atoms with Crippen LogP contribution in [0.3, 0.4) is 0 Å². The van der Waals surface area contributed by atoms with Crippen molar-refractivity contribution in [1.82, 2.24) is 10.2 Å². The molecule has 0 fully saturated rings. The maximum atomic E-state index is 13.5. The van der Waals surface area contributed by atoms with Gasteiger partial charge in [0.15, 0.2) is 4.34 Å². The highest BCUT2D eigenvalue weighted by Crippen LogP contribution is 2.35. The van der Waals surface area contributed by atoms with Crippen molar-refractivity contribution >= 4 is 23.1 Å². The largest absolute Gasteiger partial charge is 0.389 e. The first-order valence-corrected chi connectivity index (χ1v) is 6.69. The number of benzene rings is 1. The molecule has 2 rings (SSSR count). The van der Waals surface area contributed by atoms with Gasteiger partial charge < -0.3 is 5.11 Å². The van der Waals surface area contributed by atoms with Crippen LogP contribution in [0, 0.1) is 12.7 Å². The first-order valence-electron chi connectivity index (χ1n) is 5.00. The zero-order valence-corrected chi connectivity index (χ0v) is 11.0. The van der Waals surface area contributed by atoms with Crippen molar-refractivity contribution in [2.45, 2.75) is 29.2 Å². The van der Waals surface area contributed by atoms with Crippen LogP contribution in [-0.4, -0.2) is 15.3 Å². The molecule has 0 radical (unpaired) electrons. The van der Waals surface area contributed by atoms with Crippen molar-refractivity contribution in [3.8, 4) is 0 Å². The van der Waals surface area contributed by atoms with Crippen LogP contribution in [0.4, 0.5) is 4.39 Å². The third kappa shape index (κ3) is 2.83. The van der Waals surface area contributed by atoms with Crippen molar-refractivity contribution in [3.05, 3.63) is 34.6 Å². The molecular weight excluding hydrogens is 259 g/mol. The Kier molecular flexibility index (Phi) is 3.76. The maximum absolute atomic E-state index is 13.5. The Labute approximate surface area is 107 Å². The molecule has 0 saturated carbocycles. The third-order valence-electron chi connectivity index (χ3n) is 2.28. The van der Waals surface area contributed by atoms with Gasteiger partial charge in [0, 0.05) is 4.90 Å². The molecule has 1 unspecified atom stereocenters. The first-order chi connectivity index (χ1) is 8.08. The number of hydrogen-bond acceptors (Lipinski definition) is 5. The summed E-state index contributed by atoms with van der Waals surface area (Å²) in [7, 11) is 0. The van der Waals surface area contributed by atoms with Crippen molar-refractivity contribution in [2.24, 2.45) is 0 Å². The Hall–Kier alpha value is -0.980. The van der Waals surface area contributed by atoms with Gasteiger partial charge in [0.05, 0.1) is 6.10 Å². The number of nitrogens with zero attached hydrogens (tertiary/aromatic N) is 2. The van der Waals surface area contributed by atoms with Crippen LogP contribution in [0.15, 0.2) is 26.9 Å². The van der Waals surface area contributed by atoms with Gasteiger partial charge in [0.1, 0.15) is 11.3 Å². The molecular formula is C11H11FN2OS2. The van der Waals surface area contributed by atoms with Crippen LogP contribution >= 0.6 is 23.1 Å². The lowest BCUT2D eigenvalue weighted by atomic mass is 10.1. The SMILES string of the molecule is Cc1cc(Sc2nncs2)c(C(C)O)cc1F. The smallest absolute Gasteiger partial charge is 0.178 e. The van der Waals surface area contributed by atoms with E-state index >= 15 is 0 Å². The van der Waals surface area contributed by atoms with Gasteiger partial charge in [-0.05, 0) is 37.1 Å². The minimum absolute atomic E-state index is 0.303. The van der Waals surface area contributed by atoms with Crippen molar-refractivity contribution < 1.29 is 9.50 Å². The molecule has 90 valence electrons. The molecule has 6 heteroatoms. The Morgan fingerprint density at radius 2 is 2.24 bits per heavy atom. The lowest BCUT2D eigenvalue weighted by molar-refractivity contribution is 0.196. The van der Waals surface area contributed by atoms with Crippen LogP contribution in [0.2, 0.25) is 0 Å². The van der Waals surface area contributed by atoms with E-state index < -0.39 is 6.10 Å². The van der Waals surface area contributed by atoms with Crippen molar-refractivity contribution in [1.29, 1.82) is 0 Å². The Balaban J connectivity index is 2.41. The third-order valence-corrected chi connectivity index (χ3v) is 4.13. The molecule has 0 saturated heterocycles. The van der Waals surface area contributed by atoms with Gasteiger partial charge >= 0.3 is 0 Å². The van der Waals surface area contributed by atoms with Gasteiger partial charge in [0.2, 0.25) is 0 Å². The molecule has 0 aliphatic heterocycles. The minimum Gasteiger partial charge on any atom is -0.389 e.